The number of carbonyl (C=O) groups is 1. The number of methoxy groups -OCH3 is 1. The van der Waals surface area contributed by atoms with Gasteiger partial charge in [-0.05, 0) is 43.2 Å². The molecule has 1 aromatic carbocycles. The van der Waals surface area contributed by atoms with Crippen LogP contribution in [0.5, 0.6) is 5.75 Å². The van der Waals surface area contributed by atoms with E-state index >= 15 is 0 Å². The van der Waals surface area contributed by atoms with Crippen molar-refractivity contribution in [3.8, 4) is 5.75 Å². The number of ether oxygens (including phenoxy) is 2. The molecule has 0 atom stereocenters. The molecule has 1 aliphatic heterocycles. The van der Waals surface area contributed by atoms with Gasteiger partial charge in [0.25, 0.3) is 0 Å². The second-order valence-corrected chi connectivity index (χ2v) is 8.78. The predicted molar refractivity (Wildman–Crippen MR) is 104 cm³/mol. The molecule has 28 heavy (non-hydrogen) atoms. The molecule has 1 aromatic heterocycles. The summed E-state index contributed by atoms with van der Waals surface area (Å²) in [5.41, 5.74) is 0.747. The van der Waals surface area contributed by atoms with Gasteiger partial charge in [-0.15, -0.1) is 0 Å². The molecule has 0 saturated carbocycles. The number of pyridine rings is 1. The SMILES string of the molecule is COc1ccc(S(=O)(=O)N2CCC(C(=O)OCc3ccc(Cl)nc3)CC2)cc1. The Balaban J connectivity index is 1.54. The maximum Gasteiger partial charge on any atom is 0.309 e. The van der Waals surface area contributed by atoms with Crippen LogP contribution < -0.4 is 4.74 Å². The Labute approximate surface area is 169 Å². The number of rotatable bonds is 6. The van der Waals surface area contributed by atoms with Crippen molar-refractivity contribution < 1.29 is 22.7 Å². The van der Waals surface area contributed by atoms with E-state index in [1.807, 2.05) is 0 Å². The number of piperidine rings is 1. The molecule has 1 saturated heterocycles. The fourth-order valence-electron chi connectivity index (χ4n) is 2.99. The molecule has 0 unspecified atom stereocenters. The topological polar surface area (TPSA) is 85.8 Å². The fourth-order valence-corrected chi connectivity index (χ4v) is 4.57. The predicted octanol–water partition coefficient (Wildman–Crippen LogP) is 2.89. The smallest absolute Gasteiger partial charge is 0.309 e. The molecule has 3 rings (SSSR count). The van der Waals surface area contributed by atoms with Gasteiger partial charge in [-0.1, -0.05) is 17.7 Å². The van der Waals surface area contributed by atoms with E-state index in [0.29, 0.717) is 23.7 Å². The molecule has 150 valence electrons. The Bertz CT molecular complexity index is 908. The van der Waals surface area contributed by atoms with Crippen LogP contribution in [0.4, 0.5) is 0 Å². The minimum atomic E-state index is -3.59. The zero-order chi connectivity index (χ0) is 20.1. The van der Waals surface area contributed by atoms with Crippen molar-refractivity contribution in [2.24, 2.45) is 5.92 Å². The maximum absolute atomic E-state index is 12.8. The first-order valence-corrected chi connectivity index (χ1v) is 10.6. The third kappa shape index (κ3) is 4.81. The number of nitrogens with zero attached hydrogens (tertiary/aromatic N) is 2. The summed E-state index contributed by atoms with van der Waals surface area (Å²) in [5.74, 6) is -0.0460. The third-order valence-electron chi connectivity index (χ3n) is 4.65. The molecule has 0 radical (unpaired) electrons. The number of sulfonamides is 1. The van der Waals surface area contributed by atoms with Gasteiger partial charge in [0.05, 0.1) is 17.9 Å². The number of halogens is 1. The molecule has 1 fully saturated rings. The Kier molecular flexibility index (Phi) is 6.53. The van der Waals surface area contributed by atoms with Gasteiger partial charge in [0.2, 0.25) is 10.0 Å². The van der Waals surface area contributed by atoms with E-state index in [-0.39, 0.29) is 36.5 Å². The van der Waals surface area contributed by atoms with Crippen molar-refractivity contribution in [1.82, 2.24) is 9.29 Å². The first-order valence-electron chi connectivity index (χ1n) is 8.81. The van der Waals surface area contributed by atoms with Crippen LogP contribution >= 0.6 is 11.6 Å². The lowest BCUT2D eigenvalue weighted by Crippen LogP contribution is -2.40. The molecule has 0 N–H and O–H groups in total. The van der Waals surface area contributed by atoms with E-state index in [9.17, 15) is 13.2 Å². The average molecular weight is 425 g/mol. The largest absolute Gasteiger partial charge is 0.497 e. The highest BCUT2D eigenvalue weighted by atomic mass is 35.5. The van der Waals surface area contributed by atoms with Gasteiger partial charge in [-0.2, -0.15) is 4.31 Å². The van der Waals surface area contributed by atoms with E-state index in [1.165, 1.54) is 23.5 Å². The van der Waals surface area contributed by atoms with Crippen LogP contribution in [0.1, 0.15) is 18.4 Å². The van der Waals surface area contributed by atoms with Crippen LogP contribution in [0.2, 0.25) is 5.15 Å². The molecule has 0 bridgehead atoms. The molecule has 2 heterocycles. The van der Waals surface area contributed by atoms with E-state index in [4.69, 9.17) is 21.1 Å². The first-order chi connectivity index (χ1) is 13.4. The highest BCUT2D eigenvalue weighted by Crippen LogP contribution is 2.26. The number of esters is 1. The van der Waals surface area contributed by atoms with Gasteiger partial charge in [-0.3, -0.25) is 4.79 Å². The molecule has 9 heteroatoms. The standard InChI is InChI=1S/C19H21ClN2O5S/c1-26-16-3-5-17(6-4-16)28(24,25)22-10-8-15(9-11-22)19(23)27-13-14-2-7-18(20)21-12-14/h2-7,12,15H,8-11,13H2,1H3. The molecule has 7 nitrogen and oxygen atoms in total. The summed E-state index contributed by atoms with van der Waals surface area (Å²) in [6.07, 6.45) is 2.40. The minimum Gasteiger partial charge on any atom is -0.497 e. The molecular formula is C19H21ClN2O5S. The summed E-state index contributed by atoms with van der Waals surface area (Å²) in [7, 11) is -2.07. The van der Waals surface area contributed by atoms with Crippen LogP contribution in [0.3, 0.4) is 0 Å². The van der Waals surface area contributed by atoms with Crippen molar-refractivity contribution in [3.63, 3.8) is 0 Å². The first kappa shape index (κ1) is 20.6. The van der Waals surface area contributed by atoms with Gasteiger partial charge in [0.1, 0.15) is 17.5 Å². The van der Waals surface area contributed by atoms with Crippen molar-refractivity contribution in [3.05, 3.63) is 53.3 Å². The van der Waals surface area contributed by atoms with Gasteiger partial charge < -0.3 is 9.47 Å². The second-order valence-electron chi connectivity index (χ2n) is 6.45. The summed E-state index contributed by atoms with van der Waals surface area (Å²) in [5, 5.41) is 0.375. The minimum absolute atomic E-state index is 0.118. The third-order valence-corrected chi connectivity index (χ3v) is 6.79. The zero-order valence-corrected chi connectivity index (χ0v) is 16.9. The molecule has 0 aliphatic carbocycles. The van der Waals surface area contributed by atoms with Crippen LogP contribution in [-0.2, 0) is 26.2 Å². The van der Waals surface area contributed by atoms with E-state index in [0.717, 1.165) is 5.56 Å². The number of hydrogen-bond acceptors (Lipinski definition) is 6. The van der Waals surface area contributed by atoms with Gasteiger partial charge in [0.15, 0.2) is 0 Å². The van der Waals surface area contributed by atoms with Gasteiger partial charge in [0, 0.05) is 24.8 Å². The molecular weight excluding hydrogens is 404 g/mol. The summed E-state index contributed by atoms with van der Waals surface area (Å²) >= 11 is 5.73. The van der Waals surface area contributed by atoms with E-state index in [1.54, 1.807) is 30.5 Å². The van der Waals surface area contributed by atoms with Gasteiger partial charge in [-0.25, -0.2) is 13.4 Å². The Morgan fingerprint density at radius 1 is 1.18 bits per heavy atom. The number of aromatic nitrogens is 1. The van der Waals surface area contributed by atoms with Crippen molar-refractivity contribution in [2.45, 2.75) is 24.3 Å². The fraction of sp³-hybridized carbons (Fsp3) is 0.368. The van der Waals surface area contributed by atoms with Crippen LogP contribution in [0.15, 0.2) is 47.5 Å². The monoisotopic (exact) mass is 424 g/mol. The maximum atomic E-state index is 12.8. The van der Waals surface area contributed by atoms with Crippen LogP contribution in [-0.4, -0.2) is 43.9 Å². The summed E-state index contributed by atoms with van der Waals surface area (Å²) < 4.78 is 37.3. The number of carbonyl (C=O) groups excluding carboxylic acids is 1. The Morgan fingerprint density at radius 3 is 2.43 bits per heavy atom. The molecule has 2 aromatic rings. The van der Waals surface area contributed by atoms with Crippen LogP contribution in [0, 0.1) is 5.92 Å². The average Bonchev–Trinajstić information content (AvgIpc) is 2.73. The number of benzene rings is 1. The quantitative estimate of drug-likeness (QED) is 0.523. The summed E-state index contributed by atoms with van der Waals surface area (Å²) in [6, 6.07) is 9.65. The summed E-state index contributed by atoms with van der Waals surface area (Å²) in [6.45, 7) is 0.667. The van der Waals surface area contributed by atoms with Crippen molar-refractivity contribution in [2.75, 3.05) is 20.2 Å². The normalized spacial score (nSPS) is 15.9. The van der Waals surface area contributed by atoms with E-state index < -0.39 is 10.0 Å². The Hall–Kier alpha value is -2.16. The van der Waals surface area contributed by atoms with Gasteiger partial charge >= 0.3 is 5.97 Å². The lowest BCUT2D eigenvalue weighted by molar-refractivity contribution is -0.151. The van der Waals surface area contributed by atoms with Crippen molar-refractivity contribution in [1.29, 1.82) is 0 Å². The lowest BCUT2D eigenvalue weighted by Gasteiger charge is -2.30. The van der Waals surface area contributed by atoms with E-state index in [2.05, 4.69) is 4.98 Å². The Morgan fingerprint density at radius 2 is 1.86 bits per heavy atom. The second kappa shape index (κ2) is 8.89. The zero-order valence-electron chi connectivity index (χ0n) is 15.4. The molecule has 0 amide bonds. The lowest BCUT2D eigenvalue weighted by atomic mass is 9.98. The highest BCUT2D eigenvalue weighted by molar-refractivity contribution is 7.89. The molecule has 0 spiro atoms. The summed E-state index contributed by atoms with van der Waals surface area (Å²) in [4.78, 5) is 16.4. The van der Waals surface area contributed by atoms with Crippen molar-refractivity contribution >= 4 is 27.6 Å². The molecule has 1 aliphatic rings. The number of hydrogen-bond donors (Lipinski definition) is 0. The highest BCUT2D eigenvalue weighted by Gasteiger charge is 2.32. The van der Waals surface area contributed by atoms with Crippen LogP contribution in [0.25, 0.3) is 0 Å².